The number of aryl methyl sites for hydroxylation is 1. The van der Waals surface area contributed by atoms with Gasteiger partial charge in [-0.3, -0.25) is 0 Å². The number of hydrogen-bond donors (Lipinski definition) is 0. The van der Waals surface area contributed by atoms with Crippen LogP contribution in [0.4, 0.5) is 0 Å². The Kier molecular flexibility index (Phi) is 3.65. The van der Waals surface area contributed by atoms with Crippen molar-refractivity contribution < 1.29 is 9.47 Å². The molecule has 0 radical (unpaired) electrons. The number of ether oxygens (including phenoxy) is 2. The molecule has 2 rings (SSSR count). The van der Waals surface area contributed by atoms with Crippen molar-refractivity contribution in [3.8, 4) is 11.5 Å². The molecule has 0 fully saturated rings. The summed E-state index contributed by atoms with van der Waals surface area (Å²) < 4.78 is 12.9. The van der Waals surface area contributed by atoms with Crippen LogP contribution in [0.25, 0.3) is 0 Å². The highest BCUT2D eigenvalue weighted by Crippen LogP contribution is 2.25. The van der Waals surface area contributed by atoms with E-state index in [0.29, 0.717) is 6.61 Å². The fourth-order valence-electron chi connectivity index (χ4n) is 1.63. The molecule has 0 aliphatic carbocycles. The molecule has 0 saturated heterocycles. The van der Waals surface area contributed by atoms with Crippen LogP contribution in [0.2, 0.25) is 0 Å². The molecule has 1 aromatic carbocycles. The summed E-state index contributed by atoms with van der Waals surface area (Å²) in [6, 6.07) is 7.64. The standard InChI is InChI=1S/C13H16N2O2/c1-11-14-7-8-15(11)9-10-17-13-6-4-3-5-12(13)16-2/h3-8H,9-10H2,1-2H3. The van der Waals surface area contributed by atoms with Crippen molar-refractivity contribution in [3.05, 3.63) is 42.5 Å². The van der Waals surface area contributed by atoms with Gasteiger partial charge in [-0.2, -0.15) is 0 Å². The van der Waals surface area contributed by atoms with Crippen molar-refractivity contribution >= 4 is 0 Å². The van der Waals surface area contributed by atoms with Gasteiger partial charge in [0.25, 0.3) is 0 Å². The van der Waals surface area contributed by atoms with Crippen molar-refractivity contribution in [2.45, 2.75) is 13.5 Å². The number of nitrogens with zero attached hydrogens (tertiary/aromatic N) is 2. The molecule has 0 unspecified atom stereocenters. The Morgan fingerprint density at radius 2 is 2.00 bits per heavy atom. The van der Waals surface area contributed by atoms with E-state index in [4.69, 9.17) is 9.47 Å². The summed E-state index contributed by atoms with van der Waals surface area (Å²) in [5.41, 5.74) is 0. The molecule has 0 spiro atoms. The van der Waals surface area contributed by atoms with Crippen LogP contribution in [0, 0.1) is 6.92 Å². The number of hydrogen-bond acceptors (Lipinski definition) is 3. The highest BCUT2D eigenvalue weighted by atomic mass is 16.5. The molecule has 0 atom stereocenters. The normalized spacial score (nSPS) is 10.2. The second-order valence-electron chi connectivity index (χ2n) is 3.67. The molecule has 0 bridgehead atoms. The van der Waals surface area contributed by atoms with Gasteiger partial charge in [-0.25, -0.2) is 4.98 Å². The molecule has 1 aromatic heterocycles. The van der Waals surface area contributed by atoms with E-state index < -0.39 is 0 Å². The molecule has 4 nitrogen and oxygen atoms in total. The average Bonchev–Trinajstić information content (AvgIpc) is 2.76. The number of para-hydroxylation sites is 2. The second-order valence-corrected chi connectivity index (χ2v) is 3.67. The van der Waals surface area contributed by atoms with E-state index in [0.717, 1.165) is 23.9 Å². The smallest absolute Gasteiger partial charge is 0.161 e. The van der Waals surface area contributed by atoms with Gasteiger partial charge in [0.2, 0.25) is 0 Å². The summed E-state index contributed by atoms with van der Waals surface area (Å²) in [7, 11) is 1.64. The lowest BCUT2D eigenvalue weighted by atomic mass is 10.3. The lowest BCUT2D eigenvalue weighted by Gasteiger charge is -2.11. The van der Waals surface area contributed by atoms with Gasteiger partial charge >= 0.3 is 0 Å². The zero-order chi connectivity index (χ0) is 12.1. The molecule has 0 amide bonds. The van der Waals surface area contributed by atoms with E-state index in [-0.39, 0.29) is 0 Å². The number of rotatable bonds is 5. The third kappa shape index (κ3) is 2.78. The molecule has 0 aliphatic heterocycles. The SMILES string of the molecule is COc1ccccc1OCCn1ccnc1C. The molecule has 0 saturated carbocycles. The highest BCUT2D eigenvalue weighted by molar-refractivity contribution is 5.39. The first-order valence-corrected chi connectivity index (χ1v) is 5.55. The van der Waals surface area contributed by atoms with Crippen molar-refractivity contribution in [1.29, 1.82) is 0 Å². The van der Waals surface area contributed by atoms with Crippen molar-refractivity contribution in [2.75, 3.05) is 13.7 Å². The number of aromatic nitrogens is 2. The maximum atomic E-state index is 5.68. The molecule has 0 N–H and O–H groups in total. The maximum absolute atomic E-state index is 5.68. The number of benzene rings is 1. The third-order valence-corrected chi connectivity index (χ3v) is 2.58. The average molecular weight is 232 g/mol. The molecular weight excluding hydrogens is 216 g/mol. The maximum Gasteiger partial charge on any atom is 0.161 e. The van der Waals surface area contributed by atoms with Gasteiger partial charge in [0.05, 0.1) is 13.7 Å². The van der Waals surface area contributed by atoms with E-state index in [1.807, 2.05) is 37.4 Å². The van der Waals surface area contributed by atoms with Gasteiger partial charge in [-0.15, -0.1) is 0 Å². The van der Waals surface area contributed by atoms with E-state index in [9.17, 15) is 0 Å². The van der Waals surface area contributed by atoms with Gasteiger partial charge in [-0.1, -0.05) is 12.1 Å². The summed E-state index contributed by atoms with van der Waals surface area (Å²) in [5, 5.41) is 0. The fraction of sp³-hybridized carbons (Fsp3) is 0.308. The van der Waals surface area contributed by atoms with Crippen molar-refractivity contribution in [3.63, 3.8) is 0 Å². The van der Waals surface area contributed by atoms with Crippen LogP contribution >= 0.6 is 0 Å². The monoisotopic (exact) mass is 232 g/mol. The molecule has 4 heteroatoms. The van der Waals surface area contributed by atoms with E-state index in [1.165, 1.54) is 0 Å². The first-order chi connectivity index (χ1) is 8.31. The summed E-state index contributed by atoms with van der Waals surface area (Å²) in [6.07, 6.45) is 3.74. The summed E-state index contributed by atoms with van der Waals surface area (Å²) >= 11 is 0. The van der Waals surface area contributed by atoms with E-state index >= 15 is 0 Å². The Balaban J connectivity index is 1.92. The van der Waals surface area contributed by atoms with Gasteiger partial charge in [-0.05, 0) is 19.1 Å². The molecule has 90 valence electrons. The predicted octanol–water partition coefficient (Wildman–Crippen LogP) is 2.28. The van der Waals surface area contributed by atoms with Gasteiger partial charge in [0.15, 0.2) is 11.5 Å². The van der Waals surface area contributed by atoms with E-state index in [1.54, 1.807) is 13.3 Å². The molecule has 17 heavy (non-hydrogen) atoms. The Morgan fingerprint density at radius 1 is 1.24 bits per heavy atom. The summed E-state index contributed by atoms with van der Waals surface area (Å²) in [6.45, 7) is 3.35. The number of imidazole rings is 1. The largest absolute Gasteiger partial charge is 0.493 e. The zero-order valence-electron chi connectivity index (χ0n) is 10.1. The van der Waals surface area contributed by atoms with Crippen LogP contribution in [0.5, 0.6) is 11.5 Å². The fourth-order valence-corrected chi connectivity index (χ4v) is 1.63. The molecule has 2 aromatic rings. The first kappa shape index (κ1) is 11.5. The van der Waals surface area contributed by atoms with Gasteiger partial charge in [0, 0.05) is 12.4 Å². The Hall–Kier alpha value is -1.97. The third-order valence-electron chi connectivity index (χ3n) is 2.58. The Bertz CT molecular complexity index is 480. The van der Waals surface area contributed by atoms with Crippen LogP contribution < -0.4 is 9.47 Å². The number of methoxy groups -OCH3 is 1. The van der Waals surface area contributed by atoms with Crippen LogP contribution in [0.3, 0.4) is 0 Å². The Labute approximate surface area is 101 Å². The van der Waals surface area contributed by atoms with Crippen molar-refractivity contribution in [1.82, 2.24) is 9.55 Å². The van der Waals surface area contributed by atoms with Gasteiger partial charge < -0.3 is 14.0 Å². The molecular formula is C13H16N2O2. The van der Waals surface area contributed by atoms with Crippen LogP contribution in [0.1, 0.15) is 5.82 Å². The zero-order valence-corrected chi connectivity index (χ0v) is 10.1. The van der Waals surface area contributed by atoms with Crippen LogP contribution in [0.15, 0.2) is 36.7 Å². The quantitative estimate of drug-likeness (QED) is 0.793. The summed E-state index contributed by atoms with van der Waals surface area (Å²) in [5.74, 6) is 2.52. The topological polar surface area (TPSA) is 36.3 Å². The lowest BCUT2D eigenvalue weighted by Crippen LogP contribution is -2.09. The van der Waals surface area contributed by atoms with Crippen molar-refractivity contribution in [2.24, 2.45) is 0 Å². The first-order valence-electron chi connectivity index (χ1n) is 5.55. The van der Waals surface area contributed by atoms with Crippen LogP contribution in [-0.4, -0.2) is 23.3 Å². The minimum Gasteiger partial charge on any atom is -0.493 e. The Morgan fingerprint density at radius 3 is 2.65 bits per heavy atom. The minimum atomic E-state index is 0.595. The van der Waals surface area contributed by atoms with E-state index in [2.05, 4.69) is 9.55 Å². The highest BCUT2D eigenvalue weighted by Gasteiger charge is 2.02. The lowest BCUT2D eigenvalue weighted by molar-refractivity contribution is 0.279. The van der Waals surface area contributed by atoms with Crippen LogP contribution in [-0.2, 0) is 6.54 Å². The van der Waals surface area contributed by atoms with Gasteiger partial charge in [0.1, 0.15) is 12.4 Å². The predicted molar refractivity (Wildman–Crippen MR) is 65.5 cm³/mol. The molecule has 1 heterocycles. The summed E-state index contributed by atoms with van der Waals surface area (Å²) in [4.78, 5) is 4.16. The molecule has 0 aliphatic rings. The second kappa shape index (κ2) is 5.39. The minimum absolute atomic E-state index is 0.595.